The number of nitrogens with two attached hydrogens (primary N) is 1. The summed E-state index contributed by atoms with van der Waals surface area (Å²) in [5.41, 5.74) is 1.54. The van der Waals surface area contributed by atoms with Crippen LogP contribution in [-0.4, -0.2) is 19.1 Å². The number of benzene rings is 2. The molecule has 2 atom stereocenters. The lowest BCUT2D eigenvalue weighted by atomic mass is 10.0. The van der Waals surface area contributed by atoms with Gasteiger partial charge in [-0.25, -0.2) is 4.39 Å². The minimum atomic E-state index is -0.437. The zero-order valence-electron chi connectivity index (χ0n) is 14.6. The first-order valence-electron chi connectivity index (χ1n) is 8.19. The van der Waals surface area contributed by atoms with Gasteiger partial charge in [-0.2, -0.15) is 0 Å². The van der Waals surface area contributed by atoms with Crippen LogP contribution in [0.25, 0.3) is 0 Å². The topological polar surface area (TPSA) is 54.9 Å². The quantitative estimate of drug-likeness (QED) is 0.788. The molecule has 4 nitrogen and oxygen atoms in total. The molecule has 0 saturated heterocycles. The molecular weight excluding hydrogens is 343 g/mol. The molecule has 25 heavy (non-hydrogen) atoms. The van der Waals surface area contributed by atoms with Crippen molar-refractivity contribution in [2.45, 2.75) is 32.4 Å². The highest BCUT2D eigenvalue weighted by molar-refractivity contribution is 6.33. The fourth-order valence-corrected chi connectivity index (χ4v) is 2.82. The van der Waals surface area contributed by atoms with E-state index in [0.717, 1.165) is 17.7 Å². The number of nitrogens with one attached hydrogen (secondary N) is 1. The van der Waals surface area contributed by atoms with Crippen LogP contribution in [0.4, 0.5) is 10.1 Å². The summed E-state index contributed by atoms with van der Waals surface area (Å²) in [6.07, 6.45) is 0.876. The number of ether oxygens (including phenoxy) is 1. The summed E-state index contributed by atoms with van der Waals surface area (Å²) in [7, 11) is 1.63. The summed E-state index contributed by atoms with van der Waals surface area (Å²) in [6, 6.07) is 11.6. The van der Waals surface area contributed by atoms with Crippen molar-refractivity contribution in [3.8, 4) is 5.75 Å². The first-order valence-corrected chi connectivity index (χ1v) is 8.57. The second-order valence-electron chi connectivity index (χ2n) is 5.88. The molecule has 0 saturated carbocycles. The maximum absolute atomic E-state index is 13.1. The number of carbonyl (C=O) groups excluding carboxylic acids is 1. The van der Waals surface area contributed by atoms with Gasteiger partial charge < -0.3 is 15.4 Å². The van der Waals surface area contributed by atoms with Gasteiger partial charge in [0.2, 0.25) is 0 Å². The van der Waals surface area contributed by atoms with E-state index in [4.69, 9.17) is 16.3 Å². The van der Waals surface area contributed by atoms with E-state index in [1.54, 1.807) is 7.11 Å². The summed E-state index contributed by atoms with van der Waals surface area (Å²) in [5.74, 6) is 0.184. The van der Waals surface area contributed by atoms with Crippen LogP contribution >= 0.6 is 11.6 Å². The van der Waals surface area contributed by atoms with Gasteiger partial charge in [-0.3, -0.25) is 4.79 Å². The van der Waals surface area contributed by atoms with Crippen molar-refractivity contribution in [3.63, 3.8) is 0 Å². The van der Waals surface area contributed by atoms with Gasteiger partial charge in [-0.1, -0.05) is 18.5 Å². The molecule has 134 valence electrons. The minimum absolute atomic E-state index is 0.148. The van der Waals surface area contributed by atoms with Crippen LogP contribution in [0.1, 0.15) is 31.9 Å². The van der Waals surface area contributed by atoms with Gasteiger partial charge in [-0.05, 0) is 49.4 Å². The van der Waals surface area contributed by atoms with E-state index in [1.807, 2.05) is 36.5 Å². The van der Waals surface area contributed by atoms with Crippen molar-refractivity contribution in [2.75, 3.05) is 12.4 Å². The number of hydrogen-bond donors (Lipinski definition) is 2. The average molecular weight is 366 g/mol. The minimum Gasteiger partial charge on any atom is -0.497 e. The Bertz CT molecular complexity index is 722. The lowest BCUT2D eigenvalue weighted by molar-refractivity contribution is -0.713. The Balaban J connectivity index is 2.02. The Morgan fingerprint density at radius 1 is 1.28 bits per heavy atom. The Labute approximate surface area is 152 Å². The Morgan fingerprint density at radius 3 is 2.52 bits per heavy atom. The van der Waals surface area contributed by atoms with Gasteiger partial charge in [0.25, 0.3) is 5.91 Å². The Kier molecular flexibility index (Phi) is 6.79. The van der Waals surface area contributed by atoms with Crippen molar-refractivity contribution >= 4 is 23.2 Å². The van der Waals surface area contributed by atoms with Crippen LogP contribution in [0.15, 0.2) is 42.5 Å². The summed E-state index contributed by atoms with van der Waals surface area (Å²) < 4.78 is 18.3. The van der Waals surface area contributed by atoms with Crippen molar-refractivity contribution in [2.24, 2.45) is 0 Å². The molecule has 6 heteroatoms. The fourth-order valence-electron chi connectivity index (χ4n) is 2.61. The van der Waals surface area contributed by atoms with Crippen molar-refractivity contribution < 1.29 is 19.2 Å². The summed E-state index contributed by atoms with van der Waals surface area (Å²) in [6.45, 7) is 3.91. The van der Waals surface area contributed by atoms with Gasteiger partial charge in [0.1, 0.15) is 17.6 Å². The van der Waals surface area contributed by atoms with Crippen molar-refractivity contribution in [1.82, 2.24) is 0 Å². The lowest BCUT2D eigenvalue weighted by Gasteiger charge is -2.19. The summed E-state index contributed by atoms with van der Waals surface area (Å²) in [4.78, 5) is 12.4. The van der Waals surface area contributed by atoms with Crippen LogP contribution in [0.5, 0.6) is 5.75 Å². The smallest absolute Gasteiger partial charge is 0.282 e. The number of rotatable bonds is 7. The van der Waals surface area contributed by atoms with Crippen LogP contribution < -0.4 is 15.4 Å². The number of quaternary nitrogens is 1. The average Bonchev–Trinajstić information content (AvgIpc) is 2.61. The van der Waals surface area contributed by atoms with E-state index in [-0.39, 0.29) is 23.0 Å². The summed E-state index contributed by atoms with van der Waals surface area (Å²) >= 11 is 5.96. The van der Waals surface area contributed by atoms with Crippen LogP contribution in [-0.2, 0) is 4.79 Å². The molecule has 0 heterocycles. The highest BCUT2D eigenvalue weighted by Crippen LogP contribution is 2.22. The van der Waals surface area contributed by atoms with Crippen LogP contribution in [0.3, 0.4) is 0 Å². The number of carbonyl (C=O) groups is 1. The Hall–Kier alpha value is -2.11. The third kappa shape index (κ3) is 5.18. The molecule has 1 amide bonds. The zero-order valence-corrected chi connectivity index (χ0v) is 15.3. The molecule has 0 unspecified atom stereocenters. The molecule has 0 radical (unpaired) electrons. The van der Waals surface area contributed by atoms with E-state index < -0.39 is 5.82 Å². The van der Waals surface area contributed by atoms with Gasteiger partial charge in [0.15, 0.2) is 6.04 Å². The lowest BCUT2D eigenvalue weighted by Crippen LogP contribution is -2.92. The number of hydrogen-bond acceptors (Lipinski definition) is 2. The molecule has 2 aromatic rings. The number of halogens is 2. The van der Waals surface area contributed by atoms with Gasteiger partial charge in [0.05, 0.1) is 17.8 Å². The van der Waals surface area contributed by atoms with E-state index in [2.05, 4.69) is 12.2 Å². The second-order valence-corrected chi connectivity index (χ2v) is 6.29. The predicted molar refractivity (Wildman–Crippen MR) is 97.5 cm³/mol. The molecule has 0 aliphatic carbocycles. The maximum atomic E-state index is 13.1. The highest BCUT2D eigenvalue weighted by atomic mass is 35.5. The first kappa shape index (κ1) is 19.2. The standard InChI is InChI=1S/C19H22ClFN2O2/c1-4-17(13-5-8-15(25-3)9-6-13)22-12(2)19(24)23-18-10-7-14(21)11-16(18)20/h5-12,17,22H,4H2,1-3H3,(H,23,24)/p+1/t12-,17+/m0/s1. The third-order valence-electron chi connectivity index (χ3n) is 4.11. The predicted octanol–water partition coefficient (Wildman–Crippen LogP) is 3.53. The molecule has 3 N–H and O–H groups in total. The van der Waals surface area contributed by atoms with Crippen LogP contribution in [0.2, 0.25) is 5.02 Å². The molecule has 0 aliphatic heterocycles. The highest BCUT2D eigenvalue weighted by Gasteiger charge is 2.23. The number of amides is 1. The molecule has 2 rings (SSSR count). The van der Waals surface area contributed by atoms with Crippen molar-refractivity contribution in [3.05, 3.63) is 58.9 Å². The van der Waals surface area contributed by atoms with E-state index in [0.29, 0.717) is 5.69 Å². The largest absolute Gasteiger partial charge is 0.497 e. The monoisotopic (exact) mass is 365 g/mol. The van der Waals surface area contributed by atoms with Gasteiger partial charge >= 0.3 is 0 Å². The van der Waals surface area contributed by atoms with Gasteiger partial charge in [-0.15, -0.1) is 0 Å². The SMILES string of the molecule is CC[C@@H]([NH2+][C@@H](C)C(=O)Nc1ccc(F)cc1Cl)c1ccc(OC)cc1. The normalized spacial score (nSPS) is 13.2. The van der Waals surface area contributed by atoms with Gasteiger partial charge in [0, 0.05) is 12.0 Å². The molecule has 0 fully saturated rings. The molecular formula is C19H23ClFN2O2+. The number of anilines is 1. The number of methoxy groups -OCH3 is 1. The van der Waals surface area contributed by atoms with Crippen LogP contribution in [0, 0.1) is 5.82 Å². The molecule has 0 bridgehead atoms. The molecule has 0 spiro atoms. The van der Waals surface area contributed by atoms with E-state index in [1.165, 1.54) is 18.2 Å². The molecule has 0 aromatic heterocycles. The second kappa shape index (κ2) is 8.83. The first-order chi connectivity index (χ1) is 11.9. The summed E-state index contributed by atoms with van der Waals surface area (Å²) in [5, 5.41) is 4.94. The van der Waals surface area contributed by atoms with Crippen molar-refractivity contribution in [1.29, 1.82) is 0 Å². The third-order valence-corrected chi connectivity index (χ3v) is 4.42. The fraction of sp³-hybridized carbons (Fsp3) is 0.316. The maximum Gasteiger partial charge on any atom is 0.282 e. The van der Waals surface area contributed by atoms with E-state index in [9.17, 15) is 9.18 Å². The van der Waals surface area contributed by atoms with E-state index >= 15 is 0 Å². The molecule has 2 aromatic carbocycles. The Morgan fingerprint density at radius 2 is 1.96 bits per heavy atom. The molecule has 0 aliphatic rings. The zero-order chi connectivity index (χ0) is 18.4.